The van der Waals surface area contributed by atoms with E-state index in [1.54, 1.807) is 6.08 Å². The molecule has 0 aliphatic heterocycles. The normalized spacial score (nSPS) is 56.6. The van der Waals surface area contributed by atoms with Crippen LogP contribution >= 0.6 is 0 Å². The van der Waals surface area contributed by atoms with Crippen LogP contribution in [0.15, 0.2) is 12.7 Å². The molecule has 3 aliphatic carbocycles. The van der Waals surface area contributed by atoms with Crippen molar-refractivity contribution in [2.75, 3.05) is 0 Å². The van der Waals surface area contributed by atoms with E-state index < -0.39 is 0 Å². The van der Waals surface area contributed by atoms with E-state index in [1.807, 2.05) is 0 Å². The average Bonchev–Trinajstić information content (AvgIpc) is 2.53. The molecule has 0 amide bonds. The van der Waals surface area contributed by atoms with Crippen LogP contribution in [0.25, 0.3) is 0 Å². The Morgan fingerprint density at radius 1 is 1.25 bits per heavy atom. The Bertz CT molecular complexity index is 207. The van der Waals surface area contributed by atoms with Crippen molar-refractivity contribution in [2.45, 2.75) is 25.4 Å². The van der Waals surface area contributed by atoms with E-state index in [2.05, 4.69) is 6.58 Å². The van der Waals surface area contributed by atoms with Gasteiger partial charge < -0.3 is 5.11 Å². The minimum absolute atomic E-state index is 0.205. The first kappa shape index (κ1) is 7.14. The maximum Gasteiger partial charge on any atom is 0.0752 e. The third-order valence-corrected chi connectivity index (χ3v) is 4.43. The van der Waals surface area contributed by atoms with Gasteiger partial charge in [0.2, 0.25) is 0 Å². The van der Waals surface area contributed by atoms with E-state index in [-0.39, 0.29) is 6.10 Å². The van der Waals surface area contributed by atoms with Gasteiger partial charge in [0, 0.05) is 0 Å². The third-order valence-electron chi connectivity index (χ3n) is 4.43. The minimum Gasteiger partial charge on any atom is -0.389 e. The van der Waals surface area contributed by atoms with E-state index in [9.17, 15) is 5.11 Å². The molecule has 0 heterocycles. The summed E-state index contributed by atoms with van der Waals surface area (Å²) in [7, 11) is 0. The van der Waals surface area contributed by atoms with Crippen LogP contribution in [-0.4, -0.2) is 11.2 Å². The maximum atomic E-state index is 9.65. The van der Waals surface area contributed by atoms with Crippen LogP contribution < -0.4 is 0 Å². The number of aliphatic hydroxyl groups excluding tert-OH is 1. The lowest BCUT2D eigenvalue weighted by Crippen LogP contribution is -2.12. The Labute approximate surface area is 73.5 Å². The molecule has 0 radical (unpaired) electrons. The minimum atomic E-state index is -0.205. The van der Waals surface area contributed by atoms with Crippen LogP contribution in [0.5, 0.6) is 0 Å². The van der Waals surface area contributed by atoms with Crippen molar-refractivity contribution in [1.82, 2.24) is 0 Å². The van der Waals surface area contributed by atoms with Crippen molar-refractivity contribution in [2.24, 2.45) is 29.6 Å². The molecule has 5 unspecified atom stereocenters. The van der Waals surface area contributed by atoms with Crippen molar-refractivity contribution >= 4 is 0 Å². The molecule has 1 nitrogen and oxygen atoms in total. The molecule has 1 N–H and O–H groups in total. The van der Waals surface area contributed by atoms with Gasteiger partial charge in [-0.2, -0.15) is 0 Å². The molecule has 0 aromatic rings. The van der Waals surface area contributed by atoms with Crippen molar-refractivity contribution in [1.29, 1.82) is 0 Å². The van der Waals surface area contributed by atoms with Gasteiger partial charge in [0.05, 0.1) is 6.10 Å². The highest BCUT2D eigenvalue weighted by Crippen LogP contribution is 2.70. The van der Waals surface area contributed by atoms with Crippen LogP contribution in [0.1, 0.15) is 19.3 Å². The topological polar surface area (TPSA) is 20.2 Å². The Hall–Kier alpha value is -0.300. The summed E-state index contributed by atoms with van der Waals surface area (Å²) >= 11 is 0. The summed E-state index contributed by atoms with van der Waals surface area (Å²) in [6.45, 7) is 3.67. The highest BCUT2D eigenvalue weighted by atomic mass is 16.3. The zero-order valence-corrected chi connectivity index (χ0v) is 7.32. The lowest BCUT2D eigenvalue weighted by atomic mass is 9.99. The fraction of sp³-hybridized carbons (Fsp3) is 0.818. The summed E-state index contributed by atoms with van der Waals surface area (Å²) in [6, 6.07) is 0. The van der Waals surface area contributed by atoms with Crippen molar-refractivity contribution in [3.05, 3.63) is 12.7 Å². The maximum absolute atomic E-state index is 9.65. The standard InChI is InChI=1S/C11H16O/c1-2-8(12)11-9-6-3-4-7(5-6)10(9)11/h2,6-12H,1,3-5H2. The third kappa shape index (κ3) is 0.687. The van der Waals surface area contributed by atoms with E-state index in [0.717, 1.165) is 23.7 Å². The second-order valence-electron chi connectivity index (χ2n) is 4.79. The van der Waals surface area contributed by atoms with Crippen molar-refractivity contribution in [3.8, 4) is 0 Å². The smallest absolute Gasteiger partial charge is 0.0752 e. The lowest BCUT2D eigenvalue weighted by molar-refractivity contribution is 0.173. The Morgan fingerprint density at radius 2 is 1.83 bits per heavy atom. The van der Waals surface area contributed by atoms with E-state index >= 15 is 0 Å². The predicted octanol–water partition coefficient (Wildman–Crippen LogP) is 1.83. The molecule has 3 saturated carbocycles. The SMILES string of the molecule is C=CC(O)C1C2C3CCC(C3)C12. The summed E-state index contributed by atoms with van der Waals surface area (Å²) in [5.74, 6) is 4.32. The van der Waals surface area contributed by atoms with Gasteiger partial charge in [-0.1, -0.05) is 6.08 Å². The summed E-state index contributed by atoms with van der Waals surface area (Å²) in [6.07, 6.45) is 5.86. The molecule has 0 aromatic carbocycles. The summed E-state index contributed by atoms with van der Waals surface area (Å²) < 4.78 is 0. The molecular formula is C11H16O. The quantitative estimate of drug-likeness (QED) is 0.617. The molecule has 66 valence electrons. The van der Waals surface area contributed by atoms with E-state index in [1.165, 1.54) is 19.3 Å². The summed E-state index contributed by atoms with van der Waals surface area (Å²) in [4.78, 5) is 0. The monoisotopic (exact) mass is 164 g/mol. The first-order valence-electron chi connectivity index (χ1n) is 5.13. The van der Waals surface area contributed by atoms with Crippen LogP contribution in [0.4, 0.5) is 0 Å². The fourth-order valence-corrected chi connectivity index (χ4v) is 4.01. The van der Waals surface area contributed by atoms with Crippen LogP contribution in [0, 0.1) is 29.6 Å². The van der Waals surface area contributed by atoms with Crippen LogP contribution in [0.3, 0.4) is 0 Å². The second kappa shape index (κ2) is 2.14. The number of hydrogen-bond donors (Lipinski definition) is 1. The number of fused-ring (bicyclic) bond motifs is 5. The molecule has 3 fully saturated rings. The van der Waals surface area contributed by atoms with Gasteiger partial charge in [-0.05, 0) is 48.9 Å². The Balaban J connectivity index is 1.78. The fourth-order valence-electron chi connectivity index (χ4n) is 4.01. The molecule has 12 heavy (non-hydrogen) atoms. The van der Waals surface area contributed by atoms with Gasteiger partial charge in [-0.15, -0.1) is 6.58 Å². The molecule has 3 aliphatic rings. The summed E-state index contributed by atoms with van der Waals surface area (Å²) in [5.41, 5.74) is 0. The Morgan fingerprint density at radius 3 is 2.33 bits per heavy atom. The van der Waals surface area contributed by atoms with Crippen LogP contribution in [0.2, 0.25) is 0 Å². The molecule has 3 rings (SSSR count). The van der Waals surface area contributed by atoms with Gasteiger partial charge in [0.15, 0.2) is 0 Å². The molecule has 5 atom stereocenters. The lowest BCUT2D eigenvalue weighted by Gasteiger charge is -2.10. The van der Waals surface area contributed by atoms with Gasteiger partial charge >= 0.3 is 0 Å². The largest absolute Gasteiger partial charge is 0.389 e. The Kier molecular flexibility index (Phi) is 1.27. The zero-order valence-electron chi connectivity index (χ0n) is 7.32. The molecule has 0 spiro atoms. The molecule has 1 heteroatoms. The van der Waals surface area contributed by atoms with E-state index in [0.29, 0.717) is 5.92 Å². The zero-order chi connectivity index (χ0) is 8.29. The van der Waals surface area contributed by atoms with Gasteiger partial charge in [0.1, 0.15) is 0 Å². The number of aliphatic hydroxyl groups is 1. The molecule has 0 aromatic heterocycles. The van der Waals surface area contributed by atoms with Gasteiger partial charge in [-0.25, -0.2) is 0 Å². The van der Waals surface area contributed by atoms with Gasteiger partial charge in [-0.3, -0.25) is 0 Å². The van der Waals surface area contributed by atoms with Crippen LogP contribution in [-0.2, 0) is 0 Å². The average molecular weight is 164 g/mol. The van der Waals surface area contributed by atoms with E-state index in [4.69, 9.17) is 0 Å². The molecule has 0 saturated heterocycles. The van der Waals surface area contributed by atoms with Gasteiger partial charge in [0.25, 0.3) is 0 Å². The number of hydrogen-bond acceptors (Lipinski definition) is 1. The highest BCUT2D eigenvalue weighted by molar-refractivity contribution is 5.16. The highest BCUT2D eigenvalue weighted by Gasteiger charge is 2.66. The summed E-state index contributed by atoms with van der Waals surface area (Å²) in [5, 5.41) is 9.65. The second-order valence-corrected chi connectivity index (χ2v) is 4.79. The first-order valence-corrected chi connectivity index (χ1v) is 5.13. The predicted molar refractivity (Wildman–Crippen MR) is 47.5 cm³/mol. The van der Waals surface area contributed by atoms with Crippen molar-refractivity contribution in [3.63, 3.8) is 0 Å². The molecular weight excluding hydrogens is 148 g/mol. The van der Waals surface area contributed by atoms with Crippen molar-refractivity contribution < 1.29 is 5.11 Å². The first-order chi connectivity index (χ1) is 5.83. The number of rotatable bonds is 2. The molecule has 2 bridgehead atoms.